The van der Waals surface area contributed by atoms with Crippen molar-refractivity contribution in [2.24, 2.45) is 0 Å². The fraction of sp³-hybridized carbons (Fsp3) is 0.182. The summed E-state index contributed by atoms with van der Waals surface area (Å²) in [4.78, 5) is 10.6. The molecule has 86 valence electrons. The average molecular weight is 287 g/mol. The van der Waals surface area contributed by atoms with Crippen LogP contribution in [0.15, 0.2) is 28.7 Å². The lowest BCUT2D eigenvalue weighted by Crippen LogP contribution is -1.98. The van der Waals surface area contributed by atoms with Gasteiger partial charge < -0.3 is 14.6 Å². The van der Waals surface area contributed by atoms with E-state index in [0.717, 1.165) is 5.56 Å². The predicted octanol–water partition coefficient (Wildman–Crippen LogP) is 2.49. The van der Waals surface area contributed by atoms with E-state index in [1.165, 1.54) is 6.08 Å². The van der Waals surface area contributed by atoms with Gasteiger partial charge in [0.25, 0.3) is 0 Å². The Morgan fingerprint density at radius 1 is 1.44 bits per heavy atom. The molecular weight excluding hydrogens is 276 g/mol. The summed E-state index contributed by atoms with van der Waals surface area (Å²) in [6.45, 7) is 0.188. The molecule has 16 heavy (non-hydrogen) atoms. The van der Waals surface area contributed by atoms with Crippen molar-refractivity contribution in [3.05, 3.63) is 34.3 Å². The molecule has 0 aliphatic carbocycles. The molecule has 0 saturated heterocycles. The SMILES string of the molecule is COCOc1ccc(C=C(Br)C(=O)O)cc1. The zero-order valence-corrected chi connectivity index (χ0v) is 10.2. The van der Waals surface area contributed by atoms with Gasteiger partial charge in [-0.15, -0.1) is 0 Å². The minimum atomic E-state index is -1.00. The molecule has 0 bridgehead atoms. The maximum absolute atomic E-state index is 10.6. The Morgan fingerprint density at radius 3 is 2.56 bits per heavy atom. The van der Waals surface area contributed by atoms with Crippen LogP contribution in [0.1, 0.15) is 5.56 Å². The van der Waals surface area contributed by atoms with E-state index in [2.05, 4.69) is 15.9 Å². The lowest BCUT2D eigenvalue weighted by molar-refractivity contribution is -0.131. The fourth-order valence-corrected chi connectivity index (χ4v) is 1.26. The maximum Gasteiger partial charge on any atom is 0.342 e. The first-order valence-corrected chi connectivity index (χ1v) is 5.25. The monoisotopic (exact) mass is 286 g/mol. The van der Waals surface area contributed by atoms with Crippen molar-refractivity contribution in [1.29, 1.82) is 0 Å². The van der Waals surface area contributed by atoms with Crippen LogP contribution in [0.4, 0.5) is 0 Å². The molecule has 0 aliphatic rings. The van der Waals surface area contributed by atoms with Crippen molar-refractivity contribution in [2.45, 2.75) is 0 Å². The van der Waals surface area contributed by atoms with Gasteiger partial charge in [0, 0.05) is 7.11 Å². The molecule has 1 aromatic rings. The number of hydrogen-bond acceptors (Lipinski definition) is 3. The van der Waals surface area contributed by atoms with E-state index in [9.17, 15) is 4.79 Å². The van der Waals surface area contributed by atoms with Gasteiger partial charge in [-0.3, -0.25) is 0 Å². The van der Waals surface area contributed by atoms with Gasteiger partial charge in [0.2, 0.25) is 0 Å². The number of carboxylic acid groups (broad SMARTS) is 1. The number of hydrogen-bond donors (Lipinski definition) is 1. The summed E-state index contributed by atoms with van der Waals surface area (Å²) in [5.41, 5.74) is 0.777. The third-order valence-corrected chi connectivity index (χ3v) is 2.29. The summed E-state index contributed by atoms with van der Waals surface area (Å²) >= 11 is 2.95. The number of ether oxygens (including phenoxy) is 2. The highest BCUT2D eigenvalue weighted by Gasteiger charge is 2.01. The van der Waals surface area contributed by atoms with E-state index >= 15 is 0 Å². The molecule has 0 saturated carbocycles. The van der Waals surface area contributed by atoms with Gasteiger partial charge in [0.1, 0.15) is 10.2 Å². The molecule has 0 fully saturated rings. The molecule has 0 spiro atoms. The third-order valence-electron chi connectivity index (χ3n) is 1.72. The quantitative estimate of drug-likeness (QED) is 0.667. The highest BCUT2D eigenvalue weighted by atomic mass is 79.9. The molecule has 0 heterocycles. The smallest absolute Gasteiger partial charge is 0.342 e. The van der Waals surface area contributed by atoms with Crippen LogP contribution in [0, 0.1) is 0 Å². The van der Waals surface area contributed by atoms with Gasteiger partial charge in [-0.05, 0) is 39.7 Å². The van der Waals surface area contributed by atoms with Crippen molar-refractivity contribution in [2.75, 3.05) is 13.9 Å². The van der Waals surface area contributed by atoms with Crippen LogP contribution in [-0.4, -0.2) is 25.0 Å². The highest BCUT2D eigenvalue weighted by molar-refractivity contribution is 9.12. The molecule has 0 aromatic heterocycles. The van der Waals surface area contributed by atoms with E-state index in [1.807, 2.05) is 0 Å². The second-order valence-corrected chi connectivity index (χ2v) is 3.77. The number of aliphatic carboxylic acids is 1. The van der Waals surface area contributed by atoms with E-state index in [4.69, 9.17) is 14.6 Å². The molecule has 4 nitrogen and oxygen atoms in total. The minimum Gasteiger partial charge on any atom is -0.477 e. The number of rotatable bonds is 5. The lowest BCUT2D eigenvalue weighted by Gasteiger charge is -2.04. The number of halogens is 1. The summed E-state index contributed by atoms with van der Waals surface area (Å²) in [5, 5.41) is 8.66. The zero-order valence-electron chi connectivity index (χ0n) is 8.64. The maximum atomic E-state index is 10.6. The highest BCUT2D eigenvalue weighted by Crippen LogP contribution is 2.16. The molecule has 0 radical (unpaired) electrons. The van der Waals surface area contributed by atoms with E-state index in [0.29, 0.717) is 5.75 Å². The molecule has 0 amide bonds. The standard InChI is InChI=1S/C11H11BrO4/c1-15-7-16-9-4-2-8(3-5-9)6-10(12)11(13)14/h2-6H,7H2,1H3,(H,13,14). The summed E-state index contributed by atoms with van der Waals surface area (Å²) in [6.07, 6.45) is 1.52. The van der Waals surface area contributed by atoms with Crippen molar-refractivity contribution >= 4 is 28.0 Å². The van der Waals surface area contributed by atoms with E-state index in [1.54, 1.807) is 31.4 Å². The molecule has 0 atom stereocenters. The van der Waals surface area contributed by atoms with Crippen LogP contribution < -0.4 is 4.74 Å². The lowest BCUT2D eigenvalue weighted by atomic mass is 10.2. The molecule has 0 aliphatic heterocycles. The van der Waals surface area contributed by atoms with Crippen molar-refractivity contribution in [3.8, 4) is 5.75 Å². The van der Waals surface area contributed by atoms with Crippen LogP contribution in [0.3, 0.4) is 0 Å². The molecule has 1 N–H and O–H groups in total. The van der Waals surface area contributed by atoms with Crippen molar-refractivity contribution in [3.63, 3.8) is 0 Å². The van der Waals surface area contributed by atoms with Crippen LogP contribution in [0.5, 0.6) is 5.75 Å². The summed E-state index contributed by atoms with van der Waals surface area (Å²) < 4.78 is 10.1. The van der Waals surface area contributed by atoms with Crippen LogP contribution >= 0.6 is 15.9 Å². The van der Waals surface area contributed by atoms with Crippen molar-refractivity contribution in [1.82, 2.24) is 0 Å². The van der Waals surface area contributed by atoms with E-state index in [-0.39, 0.29) is 11.3 Å². The van der Waals surface area contributed by atoms with E-state index < -0.39 is 5.97 Å². The first-order valence-electron chi connectivity index (χ1n) is 4.46. The first kappa shape index (κ1) is 12.7. The Kier molecular flexibility index (Phi) is 5.01. The molecule has 1 aromatic carbocycles. The fourth-order valence-electron chi connectivity index (χ4n) is 0.995. The topological polar surface area (TPSA) is 55.8 Å². The van der Waals surface area contributed by atoms with Crippen LogP contribution in [-0.2, 0) is 9.53 Å². The second-order valence-electron chi connectivity index (χ2n) is 2.92. The van der Waals surface area contributed by atoms with Gasteiger partial charge in [-0.2, -0.15) is 0 Å². The van der Waals surface area contributed by atoms with Gasteiger partial charge in [-0.1, -0.05) is 12.1 Å². The number of carboxylic acids is 1. The van der Waals surface area contributed by atoms with Gasteiger partial charge >= 0.3 is 5.97 Å². The number of methoxy groups -OCH3 is 1. The molecular formula is C11H11BrO4. The van der Waals surface area contributed by atoms with Gasteiger partial charge in [0.15, 0.2) is 6.79 Å². The number of benzene rings is 1. The molecule has 1 rings (SSSR count). The van der Waals surface area contributed by atoms with Gasteiger partial charge in [-0.25, -0.2) is 4.79 Å². The first-order chi connectivity index (χ1) is 7.63. The third kappa shape index (κ3) is 4.04. The van der Waals surface area contributed by atoms with Crippen LogP contribution in [0.25, 0.3) is 6.08 Å². The Bertz CT molecular complexity index is 383. The number of carbonyl (C=O) groups is 1. The summed E-state index contributed by atoms with van der Waals surface area (Å²) in [7, 11) is 1.54. The molecule has 5 heteroatoms. The summed E-state index contributed by atoms with van der Waals surface area (Å²) in [6, 6.07) is 7.00. The van der Waals surface area contributed by atoms with Crippen molar-refractivity contribution < 1.29 is 19.4 Å². The Hall–Kier alpha value is -1.33. The Balaban J connectivity index is 2.71. The van der Waals surface area contributed by atoms with Crippen LogP contribution in [0.2, 0.25) is 0 Å². The predicted molar refractivity (Wildman–Crippen MR) is 63.5 cm³/mol. The zero-order chi connectivity index (χ0) is 12.0. The normalized spacial score (nSPS) is 11.2. The van der Waals surface area contributed by atoms with Gasteiger partial charge in [0.05, 0.1) is 0 Å². The molecule has 0 unspecified atom stereocenters. The largest absolute Gasteiger partial charge is 0.477 e. The summed E-state index contributed by atoms with van der Waals surface area (Å²) in [5.74, 6) is -0.329. The average Bonchev–Trinajstić information content (AvgIpc) is 2.28. The Labute approximate surface area is 102 Å². The second kappa shape index (κ2) is 6.30. The minimum absolute atomic E-state index is 0.109. The Morgan fingerprint density at radius 2 is 2.06 bits per heavy atom.